The topological polar surface area (TPSA) is 88.1 Å². The second kappa shape index (κ2) is 8.66. The molecule has 2 unspecified atom stereocenters. The highest BCUT2D eigenvalue weighted by molar-refractivity contribution is 5.91. The first-order valence-corrected chi connectivity index (χ1v) is 9.72. The average Bonchev–Trinajstić information content (AvgIpc) is 2.94. The smallest absolute Gasteiger partial charge is 0.326 e. The number of hydrogen-bond acceptors (Lipinski definition) is 4. The molecule has 1 fully saturated rings. The summed E-state index contributed by atoms with van der Waals surface area (Å²) in [6.45, 7) is 5.48. The molecule has 0 spiro atoms. The molecule has 0 radical (unpaired) electrons. The van der Waals surface area contributed by atoms with E-state index in [0.717, 1.165) is 17.3 Å². The largest absolute Gasteiger partial charge is 0.419 e. The van der Waals surface area contributed by atoms with Crippen molar-refractivity contribution in [1.82, 2.24) is 20.4 Å². The molecular formula is C20H23F4N5O2. The highest BCUT2D eigenvalue weighted by Crippen LogP contribution is 2.33. The van der Waals surface area contributed by atoms with E-state index in [2.05, 4.69) is 21.0 Å². The van der Waals surface area contributed by atoms with Crippen LogP contribution in [0.15, 0.2) is 18.2 Å². The summed E-state index contributed by atoms with van der Waals surface area (Å²) in [5.41, 5.74) is 0.680. The summed E-state index contributed by atoms with van der Waals surface area (Å²) in [7, 11) is 0. The molecule has 3 rings (SSSR count). The van der Waals surface area contributed by atoms with Gasteiger partial charge in [-0.2, -0.15) is 18.3 Å². The van der Waals surface area contributed by atoms with Gasteiger partial charge in [0, 0.05) is 30.3 Å². The Morgan fingerprint density at radius 1 is 1.32 bits per heavy atom. The molecule has 0 bridgehead atoms. The van der Waals surface area contributed by atoms with E-state index >= 15 is 0 Å². The normalized spacial score (nSPS) is 19.3. The van der Waals surface area contributed by atoms with Crippen molar-refractivity contribution in [3.8, 4) is 0 Å². The molecule has 168 valence electrons. The van der Waals surface area contributed by atoms with Gasteiger partial charge in [-0.05, 0) is 51.0 Å². The van der Waals surface area contributed by atoms with Crippen LogP contribution < -0.4 is 16.0 Å². The summed E-state index contributed by atoms with van der Waals surface area (Å²) in [4.78, 5) is 24.1. The van der Waals surface area contributed by atoms with Gasteiger partial charge in [-0.25, -0.2) is 9.07 Å². The number of anilines is 1. The second-order valence-electron chi connectivity index (χ2n) is 7.58. The molecule has 2 aromatic rings. The maximum atomic E-state index is 13.4. The Kier molecular flexibility index (Phi) is 6.35. The number of nitrogens with zero attached hydrogens (tertiary/aromatic N) is 2. The number of rotatable bonds is 5. The van der Waals surface area contributed by atoms with Gasteiger partial charge in [0.2, 0.25) is 11.8 Å². The molecule has 0 aliphatic carbocycles. The summed E-state index contributed by atoms with van der Waals surface area (Å²) in [5.74, 6) is -2.01. The second-order valence-corrected chi connectivity index (χ2v) is 7.58. The van der Waals surface area contributed by atoms with Crippen LogP contribution in [0.5, 0.6) is 0 Å². The van der Waals surface area contributed by atoms with Crippen LogP contribution in [0.2, 0.25) is 0 Å². The number of halogens is 4. The van der Waals surface area contributed by atoms with Crippen molar-refractivity contribution in [1.29, 1.82) is 0 Å². The minimum Gasteiger partial charge on any atom is -0.326 e. The van der Waals surface area contributed by atoms with Crippen LogP contribution in [-0.4, -0.2) is 27.6 Å². The number of alkyl halides is 3. The number of carbonyl (C=O) groups is 2. The quantitative estimate of drug-likeness (QED) is 0.622. The van der Waals surface area contributed by atoms with Gasteiger partial charge < -0.3 is 10.6 Å². The molecular weight excluding hydrogens is 418 g/mol. The molecule has 1 aromatic heterocycles. The molecule has 1 saturated heterocycles. The predicted octanol–water partition coefficient (Wildman–Crippen LogP) is 3.18. The number of nitrogens with one attached hydrogen (secondary N) is 3. The lowest BCUT2D eigenvalue weighted by atomic mass is 10.1. The predicted molar refractivity (Wildman–Crippen MR) is 104 cm³/mol. The fraction of sp³-hybridized carbons (Fsp3) is 0.450. The van der Waals surface area contributed by atoms with Crippen molar-refractivity contribution in [2.45, 2.75) is 58.5 Å². The molecule has 0 saturated carbocycles. The summed E-state index contributed by atoms with van der Waals surface area (Å²) >= 11 is 0. The number of benzene rings is 1. The van der Waals surface area contributed by atoms with Crippen molar-refractivity contribution in [3.63, 3.8) is 0 Å². The van der Waals surface area contributed by atoms with Crippen LogP contribution in [-0.2, 0) is 22.2 Å². The Hall–Kier alpha value is -2.95. The van der Waals surface area contributed by atoms with Gasteiger partial charge >= 0.3 is 6.18 Å². The third-order valence-electron chi connectivity index (χ3n) is 5.11. The molecule has 1 aliphatic rings. The Labute approximate surface area is 176 Å². The molecule has 2 heterocycles. The summed E-state index contributed by atoms with van der Waals surface area (Å²) in [6, 6.07) is 2.30. The van der Waals surface area contributed by atoms with Crippen molar-refractivity contribution >= 4 is 17.5 Å². The fourth-order valence-corrected chi connectivity index (χ4v) is 3.58. The minimum atomic E-state index is -4.85. The SMILES string of the molecule is Cc1nn(C2NC(=O)CC(C)N2)c(C)c1CCC(=O)Nc1ccc(F)c(C(F)(F)F)c1. The zero-order valence-electron chi connectivity index (χ0n) is 17.2. The first-order chi connectivity index (χ1) is 14.5. The maximum absolute atomic E-state index is 13.4. The van der Waals surface area contributed by atoms with E-state index in [-0.39, 0.29) is 24.1 Å². The van der Waals surface area contributed by atoms with E-state index in [4.69, 9.17) is 0 Å². The van der Waals surface area contributed by atoms with Crippen LogP contribution in [0.3, 0.4) is 0 Å². The van der Waals surface area contributed by atoms with Crippen LogP contribution in [0, 0.1) is 19.7 Å². The first kappa shape index (κ1) is 22.7. The van der Waals surface area contributed by atoms with Crippen LogP contribution >= 0.6 is 0 Å². The third kappa shape index (κ3) is 5.22. The third-order valence-corrected chi connectivity index (χ3v) is 5.11. The van der Waals surface area contributed by atoms with Crippen LogP contribution in [0.1, 0.15) is 48.6 Å². The van der Waals surface area contributed by atoms with E-state index in [0.29, 0.717) is 30.7 Å². The lowest BCUT2D eigenvalue weighted by Crippen LogP contribution is -2.52. The van der Waals surface area contributed by atoms with E-state index in [1.54, 1.807) is 11.6 Å². The van der Waals surface area contributed by atoms with Gasteiger partial charge in [0.1, 0.15) is 5.82 Å². The highest BCUT2D eigenvalue weighted by atomic mass is 19.4. The van der Waals surface area contributed by atoms with Gasteiger partial charge in [-0.15, -0.1) is 0 Å². The van der Waals surface area contributed by atoms with E-state index in [1.807, 2.05) is 13.8 Å². The lowest BCUT2D eigenvalue weighted by Gasteiger charge is -2.30. The number of amides is 2. The van der Waals surface area contributed by atoms with Gasteiger partial charge in [0.05, 0.1) is 11.3 Å². The standard InChI is InChI=1S/C20H23F4N5O2/c1-10-8-18(31)27-19(25-10)29-12(3)14(11(2)28-29)5-7-17(30)26-13-4-6-16(21)15(9-13)20(22,23)24/h4,6,9-10,19,25H,5,7-8H2,1-3H3,(H,26,30)(H,27,31). The van der Waals surface area contributed by atoms with Gasteiger partial charge in [0.15, 0.2) is 6.29 Å². The molecule has 2 atom stereocenters. The molecule has 31 heavy (non-hydrogen) atoms. The summed E-state index contributed by atoms with van der Waals surface area (Å²) < 4.78 is 53.5. The maximum Gasteiger partial charge on any atom is 0.419 e. The van der Waals surface area contributed by atoms with E-state index in [9.17, 15) is 27.2 Å². The number of aryl methyl sites for hydroxylation is 1. The highest BCUT2D eigenvalue weighted by Gasteiger charge is 2.34. The zero-order valence-corrected chi connectivity index (χ0v) is 17.2. The fourth-order valence-electron chi connectivity index (χ4n) is 3.58. The van der Waals surface area contributed by atoms with Crippen molar-refractivity contribution in [2.75, 3.05) is 5.32 Å². The molecule has 3 N–H and O–H groups in total. The van der Waals surface area contributed by atoms with E-state index < -0.39 is 29.8 Å². The number of aromatic nitrogens is 2. The number of hydrogen-bond donors (Lipinski definition) is 3. The molecule has 2 amide bonds. The monoisotopic (exact) mass is 441 g/mol. The number of carbonyl (C=O) groups excluding carboxylic acids is 2. The lowest BCUT2D eigenvalue weighted by molar-refractivity contribution is -0.140. The Morgan fingerprint density at radius 2 is 2.03 bits per heavy atom. The summed E-state index contributed by atoms with van der Waals surface area (Å²) in [5, 5.41) is 12.9. The average molecular weight is 441 g/mol. The first-order valence-electron chi connectivity index (χ1n) is 9.72. The van der Waals surface area contributed by atoms with Crippen molar-refractivity contribution < 1.29 is 27.2 Å². The zero-order chi connectivity index (χ0) is 22.9. The minimum absolute atomic E-state index is 0.00699. The Bertz CT molecular complexity index is 1000. The van der Waals surface area contributed by atoms with Crippen LogP contribution in [0.25, 0.3) is 0 Å². The Morgan fingerprint density at radius 3 is 2.68 bits per heavy atom. The molecule has 7 nitrogen and oxygen atoms in total. The van der Waals surface area contributed by atoms with Gasteiger partial charge in [-0.1, -0.05) is 0 Å². The molecule has 1 aromatic carbocycles. The summed E-state index contributed by atoms with van der Waals surface area (Å²) in [6.07, 6.45) is -4.70. The Balaban J connectivity index is 1.67. The van der Waals surface area contributed by atoms with E-state index in [1.165, 1.54) is 0 Å². The van der Waals surface area contributed by atoms with Crippen LogP contribution in [0.4, 0.5) is 23.2 Å². The van der Waals surface area contributed by atoms with Crippen molar-refractivity contribution in [2.24, 2.45) is 0 Å². The van der Waals surface area contributed by atoms with Gasteiger partial charge in [0.25, 0.3) is 0 Å². The molecule has 11 heteroatoms. The van der Waals surface area contributed by atoms with Gasteiger partial charge in [-0.3, -0.25) is 14.9 Å². The van der Waals surface area contributed by atoms with Crippen molar-refractivity contribution in [3.05, 3.63) is 46.5 Å². The molecule has 1 aliphatic heterocycles.